The highest BCUT2D eigenvalue weighted by Gasteiger charge is 2.28. The molecule has 0 amide bonds. The van der Waals surface area contributed by atoms with Gasteiger partial charge < -0.3 is 19.9 Å². The summed E-state index contributed by atoms with van der Waals surface area (Å²) >= 11 is 0. The molecule has 0 bridgehead atoms. The molecule has 0 spiro atoms. The summed E-state index contributed by atoms with van der Waals surface area (Å²) in [7, 11) is 0. The SMILES string of the molecule is OC[C@@H]1CCc2ccccc2[C@H]1NCCO[C@@H]1CCCCO1. The summed E-state index contributed by atoms with van der Waals surface area (Å²) < 4.78 is 11.4. The first-order valence-electron chi connectivity index (χ1n) is 8.53. The third kappa shape index (κ3) is 3.87. The standard InChI is InChI=1S/C18H27NO3/c20-13-15-9-8-14-5-1-2-6-16(14)18(15)19-10-12-22-17-7-3-4-11-21-17/h1-2,5-6,15,17-20H,3-4,7-13H2/t15-,17+,18-/m0/s1. The molecule has 0 aromatic heterocycles. The van der Waals surface area contributed by atoms with E-state index in [0.717, 1.165) is 38.8 Å². The van der Waals surface area contributed by atoms with Crippen LogP contribution in [0.4, 0.5) is 0 Å². The van der Waals surface area contributed by atoms with Crippen molar-refractivity contribution in [3.8, 4) is 0 Å². The second kappa shape index (κ2) is 8.06. The fraction of sp³-hybridized carbons (Fsp3) is 0.667. The van der Waals surface area contributed by atoms with E-state index in [0.29, 0.717) is 12.5 Å². The van der Waals surface area contributed by atoms with Crippen LogP contribution in [0.15, 0.2) is 24.3 Å². The normalized spacial score (nSPS) is 28.3. The topological polar surface area (TPSA) is 50.7 Å². The summed E-state index contributed by atoms with van der Waals surface area (Å²) in [6, 6.07) is 8.79. The van der Waals surface area contributed by atoms with Gasteiger partial charge in [0.25, 0.3) is 0 Å². The molecular formula is C18H27NO3. The molecule has 1 aliphatic carbocycles. The van der Waals surface area contributed by atoms with Crippen molar-refractivity contribution in [3.05, 3.63) is 35.4 Å². The van der Waals surface area contributed by atoms with Crippen LogP contribution >= 0.6 is 0 Å². The number of aliphatic hydroxyl groups is 1. The molecule has 1 aliphatic heterocycles. The molecule has 4 nitrogen and oxygen atoms in total. The minimum atomic E-state index is -0.0252. The van der Waals surface area contributed by atoms with Gasteiger partial charge in [0.05, 0.1) is 6.61 Å². The van der Waals surface area contributed by atoms with Crippen molar-refractivity contribution in [1.29, 1.82) is 0 Å². The van der Waals surface area contributed by atoms with Crippen LogP contribution in [0.5, 0.6) is 0 Å². The van der Waals surface area contributed by atoms with Crippen molar-refractivity contribution in [2.45, 2.75) is 44.4 Å². The van der Waals surface area contributed by atoms with Crippen molar-refractivity contribution in [2.75, 3.05) is 26.4 Å². The molecule has 2 N–H and O–H groups in total. The number of rotatable bonds is 6. The van der Waals surface area contributed by atoms with Gasteiger partial charge in [0.15, 0.2) is 6.29 Å². The second-order valence-electron chi connectivity index (χ2n) is 6.28. The van der Waals surface area contributed by atoms with Crippen LogP contribution in [0.3, 0.4) is 0 Å². The van der Waals surface area contributed by atoms with Crippen LogP contribution in [0.1, 0.15) is 42.9 Å². The van der Waals surface area contributed by atoms with Crippen molar-refractivity contribution >= 4 is 0 Å². The zero-order valence-corrected chi connectivity index (χ0v) is 13.2. The highest BCUT2D eigenvalue weighted by Crippen LogP contribution is 2.33. The van der Waals surface area contributed by atoms with E-state index in [-0.39, 0.29) is 18.9 Å². The molecule has 2 aliphatic rings. The number of ether oxygens (including phenoxy) is 2. The van der Waals surface area contributed by atoms with E-state index < -0.39 is 0 Å². The summed E-state index contributed by atoms with van der Waals surface area (Å²) in [6.45, 7) is 2.50. The minimum Gasteiger partial charge on any atom is -0.396 e. The number of aryl methyl sites for hydroxylation is 1. The second-order valence-corrected chi connectivity index (χ2v) is 6.28. The number of benzene rings is 1. The van der Waals surface area contributed by atoms with Crippen molar-refractivity contribution in [3.63, 3.8) is 0 Å². The zero-order valence-electron chi connectivity index (χ0n) is 13.2. The van der Waals surface area contributed by atoms with Gasteiger partial charge in [-0.25, -0.2) is 0 Å². The molecular weight excluding hydrogens is 278 g/mol. The Morgan fingerprint density at radius 2 is 2.14 bits per heavy atom. The third-order valence-electron chi connectivity index (χ3n) is 4.79. The molecule has 3 atom stereocenters. The maximum Gasteiger partial charge on any atom is 0.157 e. The number of hydrogen-bond acceptors (Lipinski definition) is 4. The molecule has 0 radical (unpaired) electrons. The molecule has 0 unspecified atom stereocenters. The number of nitrogens with one attached hydrogen (secondary N) is 1. The predicted octanol–water partition coefficient (Wildman–Crippen LogP) is 2.42. The highest BCUT2D eigenvalue weighted by molar-refractivity contribution is 5.33. The Hall–Kier alpha value is -0.940. The Morgan fingerprint density at radius 3 is 2.95 bits per heavy atom. The zero-order chi connectivity index (χ0) is 15.2. The van der Waals surface area contributed by atoms with E-state index in [1.807, 2.05) is 0 Å². The van der Waals surface area contributed by atoms with Crippen LogP contribution in [0, 0.1) is 5.92 Å². The van der Waals surface area contributed by atoms with Gasteiger partial charge in [0, 0.05) is 31.7 Å². The molecule has 1 aromatic rings. The summed E-state index contributed by atoms with van der Waals surface area (Å²) in [5.41, 5.74) is 2.74. The maximum atomic E-state index is 9.66. The summed E-state index contributed by atoms with van der Waals surface area (Å²) in [4.78, 5) is 0. The van der Waals surface area contributed by atoms with Gasteiger partial charge in [-0.15, -0.1) is 0 Å². The first-order valence-corrected chi connectivity index (χ1v) is 8.53. The minimum absolute atomic E-state index is 0.0252. The van der Waals surface area contributed by atoms with Crippen molar-refractivity contribution in [1.82, 2.24) is 5.32 Å². The summed E-state index contributed by atoms with van der Waals surface area (Å²) in [5, 5.41) is 13.2. The molecule has 0 saturated carbocycles. The Bertz CT molecular complexity index is 459. The lowest BCUT2D eigenvalue weighted by atomic mass is 9.80. The van der Waals surface area contributed by atoms with Crippen molar-refractivity contribution < 1.29 is 14.6 Å². The molecule has 1 fully saturated rings. The Labute approximate surface area is 132 Å². The molecule has 1 heterocycles. The molecule has 3 rings (SSSR count). The monoisotopic (exact) mass is 305 g/mol. The lowest BCUT2D eigenvalue weighted by Gasteiger charge is -2.33. The van der Waals surface area contributed by atoms with Gasteiger partial charge in [0.1, 0.15) is 0 Å². The lowest BCUT2D eigenvalue weighted by Crippen LogP contribution is -2.36. The van der Waals surface area contributed by atoms with Gasteiger partial charge in [-0.1, -0.05) is 24.3 Å². The van der Waals surface area contributed by atoms with Crippen LogP contribution in [-0.2, 0) is 15.9 Å². The third-order valence-corrected chi connectivity index (χ3v) is 4.79. The van der Waals surface area contributed by atoms with Gasteiger partial charge in [-0.2, -0.15) is 0 Å². The van der Waals surface area contributed by atoms with Gasteiger partial charge in [-0.3, -0.25) is 0 Å². The van der Waals surface area contributed by atoms with Crippen LogP contribution < -0.4 is 5.32 Å². The van der Waals surface area contributed by atoms with Crippen LogP contribution in [-0.4, -0.2) is 37.8 Å². The lowest BCUT2D eigenvalue weighted by molar-refractivity contribution is -0.161. The van der Waals surface area contributed by atoms with E-state index in [4.69, 9.17) is 9.47 Å². The largest absolute Gasteiger partial charge is 0.396 e. The van der Waals surface area contributed by atoms with Gasteiger partial charge >= 0.3 is 0 Å². The van der Waals surface area contributed by atoms with Gasteiger partial charge in [0.2, 0.25) is 0 Å². The average Bonchev–Trinajstić information content (AvgIpc) is 2.59. The first-order chi connectivity index (χ1) is 10.9. The van der Waals surface area contributed by atoms with Crippen molar-refractivity contribution in [2.24, 2.45) is 5.92 Å². The van der Waals surface area contributed by atoms with Crippen LogP contribution in [0.2, 0.25) is 0 Å². The molecule has 1 aromatic carbocycles. The summed E-state index contributed by atoms with van der Waals surface area (Å²) in [5.74, 6) is 0.292. The van der Waals surface area contributed by atoms with E-state index in [1.54, 1.807) is 0 Å². The molecule has 1 saturated heterocycles. The number of aliphatic hydroxyl groups excluding tert-OH is 1. The Kier molecular flexibility index (Phi) is 5.84. The fourth-order valence-corrected chi connectivity index (χ4v) is 3.55. The molecule has 122 valence electrons. The van der Waals surface area contributed by atoms with E-state index in [1.165, 1.54) is 17.5 Å². The number of fused-ring (bicyclic) bond motifs is 1. The van der Waals surface area contributed by atoms with Crippen LogP contribution in [0.25, 0.3) is 0 Å². The van der Waals surface area contributed by atoms with Gasteiger partial charge in [-0.05, 0) is 43.2 Å². The first kappa shape index (κ1) is 15.9. The smallest absolute Gasteiger partial charge is 0.157 e. The van der Waals surface area contributed by atoms with E-state index in [2.05, 4.69) is 29.6 Å². The summed E-state index contributed by atoms with van der Waals surface area (Å²) in [6.07, 6.45) is 5.42. The molecule has 22 heavy (non-hydrogen) atoms. The quantitative estimate of drug-likeness (QED) is 0.793. The van der Waals surface area contributed by atoms with E-state index in [9.17, 15) is 5.11 Å². The fourth-order valence-electron chi connectivity index (χ4n) is 3.55. The predicted molar refractivity (Wildman–Crippen MR) is 85.6 cm³/mol. The van der Waals surface area contributed by atoms with E-state index >= 15 is 0 Å². The highest BCUT2D eigenvalue weighted by atomic mass is 16.7. The molecule has 4 heteroatoms. The Balaban J connectivity index is 1.51. The Morgan fingerprint density at radius 1 is 1.23 bits per heavy atom. The average molecular weight is 305 g/mol. The maximum absolute atomic E-state index is 9.66. The number of hydrogen-bond donors (Lipinski definition) is 2.